The van der Waals surface area contributed by atoms with Crippen LogP contribution in [0.25, 0.3) is 0 Å². The molecule has 0 amide bonds. The molecule has 0 atom stereocenters. The highest BCUT2D eigenvalue weighted by molar-refractivity contribution is 5.76. The molecule has 0 bridgehead atoms. The number of carbonyl (C=O) groups excluding carboxylic acids is 1. The van der Waals surface area contributed by atoms with Crippen molar-refractivity contribution in [3.05, 3.63) is 0 Å². The Balaban J connectivity index is 4.82. The average molecular weight is 244 g/mol. The van der Waals surface area contributed by atoms with Crippen LogP contribution in [0.3, 0.4) is 0 Å². The van der Waals surface area contributed by atoms with Gasteiger partial charge in [0.1, 0.15) is 5.60 Å². The Labute approximate surface area is 106 Å². The van der Waals surface area contributed by atoms with E-state index in [0.717, 1.165) is 6.42 Å². The Kier molecular flexibility index (Phi) is 5.20. The van der Waals surface area contributed by atoms with E-state index in [-0.39, 0.29) is 11.4 Å². The maximum Gasteiger partial charge on any atom is 0.312 e. The molecule has 0 rings (SSSR count). The number of rotatable bonds is 6. The van der Waals surface area contributed by atoms with Gasteiger partial charge in [0.15, 0.2) is 0 Å². The van der Waals surface area contributed by atoms with Crippen LogP contribution in [0.4, 0.5) is 0 Å². The summed E-state index contributed by atoms with van der Waals surface area (Å²) < 4.78 is 10.9. The Bertz CT molecular complexity index is 265. The molecule has 102 valence electrons. The van der Waals surface area contributed by atoms with Gasteiger partial charge in [0.2, 0.25) is 0 Å². The SMILES string of the molecule is CCC(C)(C)C(=O)OC(C)(C)C(C)(C)COC. The van der Waals surface area contributed by atoms with E-state index in [1.165, 1.54) is 0 Å². The lowest BCUT2D eigenvalue weighted by molar-refractivity contribution is -0.183. The van der Waals surface area contributed by atoms with Crippen molar-refractivity contribution in [1.82, 2.24) is 0 Å². The minimum absolute atomic E-state index is 0.144. The standard InChI is InChI=1S/C14H28O3/c1-9-12(2,3)11(15)17-14(6,7)13(4,5)10-16-8/h9-10H2,1-8H3. The summed E-state index contributed by atoms with van der Waals surface area (Å²) in [5.74, 6) is -0.144. The molecule has 0 aliphatic rings. The highest BCUT2D eigenvalue weighted by Crippen LogP contribution is 2.36. The van der Waals surface area contributed by atoms with Gasteiger partial charge in [0, 0.05) is 12.5 Å². The lowest BCUT2D eigenvalue weighted by Gasteiger charge is -2.41. The Morgan fingerprint density at radius 2 is 1.53 bits per heavy atom. The third kappa shape index (κ3) is 3.98. The lowest BCUT2D eigenvalue weighted by atomic mass is 9.77. The van der Waals surface area contributed by atoms with Crippen LogP contribution in [0.15, 0.2) is 0 Å². The van der Waals surface area contributed by atoms with Gasteiger partial charge in [-0.25, -0.2) is 0 Å². The van der Waals surface area contributed by atoms with Gasteiger partial charge in [0.25, 0.3) is 0 Å². The van der Waals surface area contributed by atoms with Crippen LogP contribution in [-0.4, -0.2) is 25.3 Å². The van der Waals surface area contributed by atoms with E-state index in [1.807, 2.05) is 48.5 Å². The van der Waals surface area contributed by atoms with Gasteiger partial charge in [-0.05, 0) is 34.1 Å². The first-order valence-corrected chi connectivity index (χ1v) is 6.22. The van der Waals surface area contributed by atoms with Crippen LogP contribution in [0, 0.1) is 10.8 Å². The van der Waals surface area contributed by atoms with Crippen molar-refractivity contribution < 1.29 is 14.3 Å². The van der Waals surface area contributed by atoms with Crippen molar-refractivity contribution in [1.29, 1.82) is 0 Å². The third-order valence-corrected chi connectivity index (χ3v) is 3.92. The Hall–Kier alpha value is -0.570. The Morgan fingerprint density at radius 1 is 1.06 bits per heavy atom. The van der Waals surface area contributed by atoms with Gasteiger partial charge in [-0.1, -0.05) is 20.8 Å². The molecule has 0 aromatic rings. The van der Waals surface area contributed by atoms with Gasteiger partial charge in [0.05, 0.1) is 12.0 Å². The first-order valence-electron chi connectivity index (χ1n) is 6.22. The van der Waals surface area contributed by atoms with Crippen molar-refractivity contribution in [3.8, 4) is 0 Å². The van der Waals surface area contributed by atoms with E-state index in [1.54, 1.807) is 7.11 Å². The van der Waals surface area contributed by atoms with Crippen molar-refractivity contribution in [2.24, 2.45) is 10.8 Å². The van der Waals surface area contributed by atoms with Crippen LogP contribution in [0.2, 0.25) is 0 Å². The zero-order chi connectivity index (χ0) is 13.9. The fourth-order valence-corrected chi connectivity index (χ4v) is 1.19. The van der Waals surface area contributed by atoms with Crippen LogP contribution in [0.1, 0.15) is 54.9 Å². The second kappa shape index (κ2) is 5.38. The van der Waals surface area contributed by atoms with Gasteiger partial charge < -0.3 is 9.47 Å². The zero-order valence-corrected chi connectivity index (χ0v) is 12.6. The van der Waals surface area contributed by atoms with Crippen LogP contribution in [0.5, 0.6) is 0 Å². The molecule has 0 spiro atoms. The monoisotopic (exact) mass is 244 g/mol. The van der Waals surface area contributed by atoms with Crippen LogP contribution in [-0.2, 0) is 14.3 Å². The molecular formula is C14H28O3. The molecule has 3 heteroatoms. The van der Waals surface area contributed by atoms with Crippen molar-refractivity contribution in [3.63, 3.8) is 0 Å². The molecule has 0 fully saturated rings. The molecule has 0 aromatic carbocycles. The number of hydrogen-bond acceptors (Lipinski definition) is 3. The summed E-state index contributed by atoms with van der Waals surface area (Å²) in [6, 6.07) is 0. The van der Waals surface area contributed by atoms with Crippen LogP contribution >= 0.6 is 0 Å². The largest absolute Gasteiger partial charge is 0.459 e. The van der Waals surface area contributed by atoms with Crippen molar-refractivity contribution in [2.75, 3.05) is 13.7 Å². The van der Waals surface area contributed by atoms with Gasteiger partial charge in [-0.2, -0.15) is 0 Å². The molecule has 17 heavy (non-hydrogen) atoms. The summed E-state index contributed by atoms with van der Waals surface area (Å²) in [4.78, 5) is 12.1. The summed E-state index contributed by atoms with van der Waals surface area (Å²) in [7, 11) is 1.66. The van der Waals surface area contributed by atoms with Crippen molar-refractivity contribution in [2.45, 2.75) is 60.5 Å². The second-order valence-corrected chi connectivity index (χ2v) is 6.45. The van der Waals surface area contributed by atoms with E-state index in [4.69, 9.17) is 9.47 Å². The number of hydrogen-bond donors (Lipinski definition) is 0. The highest BCUT2D eigenvalue weighted by Gasteiger charge is 2.42. The molecule has 0 aromatic heterocycles. The predicted molar refractivity (Wildman–Crippen MR) is 69.9 cm³/mol. The molecule has 0 saturated heterocycles. The number of ether oxygens (including phenoxy) is 2. The molecule has 0 radical (unpaired) electrons. The number of carbonyl (C=O) groups is 1. The average Bonchev–Trinajstić information content (AvgIpc) is 2.16. The van der Waals surface area contributed by atoms with Crippen molar-refractivity contribution >= 4 is 5.97 Å². The molecule has 0 aliphatic heterocycles. The molecule has 0 saturated carbocycles. The molecule has 3 nitrogen and oxygen atoms in total. The van der Waals surface area contributed by atoms with E-state index >= 15 is 0 Å². The molecule has 0 aliphatic carbocycles. The van der Waals surface area contributed by atoms with E-state index in [0.29, 0.717) is 6.61 Å². The topological polar surface area (TPSA) is 35.5 Å². The number of methoxy groups -OCH3 is 1. The lowest BCUT2D eigenvalue weighted by Crippen LogP contribution is -2.48. The minimum atomic E-state index is -0.549. The van der Waals surface area contributed by atoms with E-state index in [9.17, 15) is 4.79 Å². The molecule has 0 unspecified atom stereocenters. The maximum absolute atomic E-state index is 12.1. The third-order valence-electron chi connectivity index (χ3n) is 3.92. The van der Waals surface area contributed by atoms with Gasteiger partial charge >= 0.3 is 5.97 Å². The zero-order valence-electron chi connectivity index (χ0n) is 12.6. The smallest absolute Gasteiger partial charge is 0.312 e. The highest BCUT2D eigenvalue weighted by atomic mass is 16.6. The first-order chi connectivity index (χ1) is 7.50. The normalized spacial score (nSPS) is 13.6. The fraction of sp³-hybridized carbons (Fsp3) is 0.929. The maximum atomic E-state index is 12.1. The molecule has 0 N–H and O–H groups in total. The minimum Gasteiger partial charge on any atom is -0.459 e. The summed E-state index contributed by atoms with van der Waals surface area (Å²) >= 11 is 0. The van der Waals surface area contributed by atoms with E-state index in [2.05, 4.69) is 0 Å². The molecular weight excluding hydrogens is 216 g/mol. The predicted octanol–water partition coefficient (Wildman–Crippen LogP) is 3.42. The van der Waals surface area contributed by atoms with E-state index < -0.39 is 11.0 Å². The summed E-state index contributed by atoms with van der Waals surface area (Å²) in [6.45, 7) is 14.3. The number of esters is 1. The summed E-state index contributed by atoms with van der Waals surface area (Å²) in [5.41, 5.74) is -1.20. The summed E-state index contributed by atoms with van der Waals surface area (Å²) in [5, 5.41) is 0. The van der Waals surface area contributed by atoms with Gasteiger partial charge in [-0.15, -0.1) is 0 Å². The van der Waals surface area contributed by atoms with Gasteiger partial charge in [-0.3, -0.25) is 4.79 Å². The Morgan fingerprint density at radius 3 is 1.88 bits per heavy atom. The first kappa shape index (κ1) is 16.4. The quantitative estimate of drug-likeness (QED) is 0.672. The molecule has 0 heterocycles. The fourth-order valence-electron chi connectivity index (χ4n) is 1.19. The van der Waals surface area contributed by atoms with Crippen LogP contribution < -0.4 is 0 Å². The second-order valence-electron chi connectivity index (χ2n) is 6.45. The summed E-state index contributed by atoms with van der Waals surface area (Å²) in [6.07, 6.45) is 0.770.